The molecule has 1 N–H and O–H groups in total. The minimum absolute atomic E-state index is 0.0540. The van der Waals surface area contributed by atoms with Gasteiger partial charge in [0.05, 0.1) is 36.1 Å². The van der Waals surface area contributed by atoms with Gasteiger partial charge in [-0.25, -0.2) is 9.18 Å². The van der Waals surface area contributed by atoms with Crippen LogP contribution in [0.1, 0.15) is 26.3 Å². The van der Waals surface area contributed by atoms with Gasteiger partial charge in [0.15, 0.2) is 11.5 Å². The summed E-state index contributed by atoms with van der Waals surface area (Å²) < 4.78 is 31.8. The van der Waals surface area contributed by atoms with Crippen LogP contribution in [0.2, 0.25) is 5.02 Å². The molecule has 3 aromatic rings. The topological polar surface area (TPSA) is 95.9 Å². The zero-order valence-corrected chi connectivity index (χ0v) is 22.2. The maximum atomic E-state index is 14.1. The maximum absolute atomic E-state index is 14.1. The molecule has 0 bridgehead atoms. The number of ether oxygens (including phenoxy) is 3. The van der Waals surface area contributed by atoms with Crippen molar-refractivity contribution in [3.05, 3.63) is 72.4 Å². The Morgan fingerprint density at radius 2 is 1.95 bits per heavy atom. The molecule has 0 aliphatic rings. The molecule has 8 nitrogen and oxygen atoms in total. The van der Waals surface area contributed by atoms with Gasteiger partial charge in [-0.1, -0.05) is 17.7 Å². The lowest BCUT2D eigenvalue weighted by Gasteiger charge is -2.13. The lowest BCUT2D eigenvalue weighted by Crippen LogP contribution is -2.36. The number of benzene rings is 2. The summed E-state index contributed by atoms with van der Waals surface area (Å²) >= 11 is 6.77. The van der Waals surface area contributed by atoms with Gasteiger partial charge in [-0.2, -0.15) is 0 Å². The van der Waals surface area contributed by atoms with E-state index in [1.807, 2.05) is 13.8 Å². The lowest BCUT2D eigenvalue weighted by atomic mass is 10.2. The van der Waals surface area contributed by atoms with E-state index >= 15 is 0 Å². The first-order valence-electron chi connectivity index (χ1n) is 11.3. The molecule has 196 valence electrons. The van der Waals surface area contributed by atoms with E-state index in [-0.39, 0.29) is 32.6 Å². The molecular formula is C26H26ClFN2O6S. The Hall–Kier alpha value is -3.63. The SMILES string of the molecule is CCOC(=O)C=c1sc(=Cc2ccc(OC(C)C)c(OC)c2)c(=O)n1CC(=O)Nc1ccc(Cl)cc1F. The van der Waals surface area contributed by atoms with Crippen molar-refractivity contribution in [3.8, 4) is 11.5 Å². The third-order valence-corrected chi connectivity index (χ3v) is 6.11. The number of amides is 1. The number of anilines is 1. The predicted molar refractivity (Wildman–Crippen MR) is 141 cm³/mol. The Balaban J connectivity index is 2.02. The summed E-state index contributed by atoms with van der Waals surface area (Å²) in [7, 11) is 1.51. The van der Waals surface area contributed by atoms with Crippen molar-refractivity contribution in [1.82, 2.24) is 4.57 Å². The van der Waals surface area contributed by atoms with Crippen LogP contribution in [0.15, 0.2) is 41.2 Å². The number of carbonyl (C=O) groups excluding carboxylic acids is 2. The monoisotopic (exact) mass is 548 g/mol. The van der Waals surface area contributed by atoms with Crippen molar-refractivity contribution >= 4 is 52.7 Å². The van der Waals surface area contributed by atoms with Crippen LogP contribution in [0.4, 0.5) is 10.1 Å². The van der Waals surface area contributed by atoms with Gasteiger partial charge in [-0.3, -0.25) is 14.2 Å². The molecule has 0 aliphatic heterocycles. The van der Waals surface area contributed by atoms with Gasteiger partial charge < -0.3 is 19.5 Å². The van der Waals surface area contributed by atoms with Gasteiger partial charge in [-0.05, 0) is 62.7 Å². The Kier molecular flexibility index (Phi) is 9.48. The summed E-state index contributed by atoms with van der Waals surface area (Å²) in [6.45, 7) is 5.13. The van der Waals surface area contributed by atoms with E-state index in [4.69, 9.17) is 25.8 Å². The van der Waals surface area contributed by atoms with Crippen LogP contribution in [-0.2, 0) is 20.9 Å². The summed E-state index contributed by atoms with van der Waals surface area (Å²) in [5.74, 6) is -1.000. The van der Waals surface area contributed by atoms with Gasteiger partial charge in [0.1, 0.15) is 17.0 Å². The molecule has 2 aromatic carbocycles. The first-order chi connectivity index (χ1) is 17.6. The normalized spacial score (nSPS) is 12.1. The number of nitrogens with one attached hydrogen (secondary N) is 1. The molecule has 0 fully saturated rings. The molecule has 0 aliphatic carbocycles. The molecule has 3 rings (SSSR count). The van der Waals surface area contributed by atoms with Crippen LogP contribution in [0.5, 0.6) is 11.5 Å². The van der Waals surface area contributed by atoms with Gasteiger partial charge in [0, 0.05) is 5.02 Å². The highest BCUT2D eigenvalue weighted by Gasteiger charge is 2.14. The summed E-state index contributed by atoms with van der Waals surface area (Å²) in [6, 6.07) is 9.01. The second kappa shape index (κ2) is 12.6. The second-order valence-electron chi connectivity index (χ2n) is 7.99. The van der Waals surface area contributed by atoms with Gasteiger partial charge in [-0.15, -0.1) is 11.3 Å². The van der Waals surface area contributed by atoms with Crippen molar-refractivity contribution in [2.45, 2.75) is 33.4 Å². The van der Waals surface area contributed by atoms with Crippen molar-refractivity contribution in [2.24, 2.45) is 0 Å². The summed E-state index contributed by atoms with van der Waals surface area (Å²) in [4.78, 5) is 38.0. The summed E-state index contributed by atoms with van der Waals surface area (Å²) in [5, 5.41) is 2.59. The lowest BCUT2D eigenvalue weighted by molar-refractivity contribution is -0.135. The van der Waals surface area contributed by atoms with Gasteiger partial charge in [0.25, 0.3) is 5.56 Å². The number of halogens is 2. The van der Waals surface area contributed by atoms with E-state index in [2.05, 4.69) is 5.32 Å². The molecular weight excluding hydrogens is 523 g/mol. The third kappa shape index (κ3) is 7.43. The van der Waals surface area contributed by atoms with Crippen LogP contribution in [-0.4, -0.2) is 36.3 Å². The fraction of sp³-hybridized carbons (Fsp3) is 0.269. The fourth-order valence-electron chi connectivity index (χ4n) is 3.28. The molecule has 0 saturated carbocycles. The minimum atomic E-state index is -0.718. The Bertz CT molecular complexity index is 1480. The number of hydrogen-bond acceptors (Lipinski definition) is 7. The van der Waals surface area contributed by atoms with E-state index in [0.717, 1.165) is 28.0 Å². The van der Waals surface area contributed by atoms with Crippen LogP contribution in [0.25, 0.3) is 12.2 Å². The number of rotatable bonds is 9. The highest BCUT2D eigenvalue weighted by atomic mass is 35.5. The maximum Gasteiger partial charge on any atom is 0.333 e. The average molecular weight is 549 g/mol. The standard InChI is InChI=1S/C26H26ClFN2O6S/c1-5-35-25(32)13-24-30(14-23(31)29-19-8-7-17(27)12-18(19)28)26(33)22(37-24)11-16-6-9-20(36-15(2)3)21(10-16)34-4/h6-13,15H,5,14H2,1-4H3,(H,29,31). The van der Waals surface area contributed by atoms with E-state index in [9.17, 15) is 18.8 Å². The van der Waals surface area contributed by atoms with Gasteiger partial charge >= 0.3 is 5.97 Å². The molecule has 1 heterocycles. The number of esters is 1. The molecule has 1 aromatic heterocycles. The molecule has 0 atom stereocenters. The zero-order chi connectivity index (χ0) is 27.1. The summed E-state index contributed by atoms with van der Waals surface area (Å²) in [5.41, 5.74) is 0.0544. The van der Waals surface area contributed by atoms with E-state index in [0.29, 0.717) is 17.1 Å². The quantitative estimate of drug-likeness (QED) is 0.412. The van der Waals surface area contributed by atoms with Crippen molar-refractivity contribution in [3.63, 3.8) is 0 Å². The number of nitrogens with zero attached hydrogens (tertiary/aromatic N) is 1. The summed E-state index contributed by atoms with van der Waals surface area (Å²) in [6.07, 6.45) is 2.70. The molecule has 0 saturated heterocycles. The molecule has 0 unspecified atom stereocenters. The van der Waals surface area contributed by atoms with E-state index in [1.165, 1.54) is 19.2 Å². The third-order valence-electron chi connectivity index (χ3n) is 4.82. The Morgan fingerprint density at radius 1 is 1.19 bits per heavy atom. The molecule has 1 amide bonds. The Morgan fingerprint density at radius 3 is 2.59 bits per heavy atom. The fourth-order valence-corrected chi connectivity index (χ4v) is 4.47. The van der Waals surface area contributed by atoms with Crippen molar-refractivity contribution in [1.29, 1.82) is 0 Å². The molecule has 0 radical (unpaired) electrons. The van der Waals surface area contributed by atoms with Crippen LogP contribution < -0.4 is 29.5 Å². The van der Waals surface area contributed by atoms with E-state index in [1.54, 1.807) is 31.2 Å². The zero-order valence-electron chi connectivity index (χ0n) is 20.7. The smallest absolute Gasteiger partial charge is 0.333 e. The highest BCUT2D eigenvalue weighted by molar-refractivity contribution is 7.07. The number of carbonyl (C=O) groups is 2. The average Bonchev–Trinajstić information content (AvgIpc) is 3.10. The Labute approximate surface area is 221 Å². The molecule has 37 heavy (non-hydrogen) atoms. The van der Waals surface area contributed by atoms with Crippen LogP contribution >= 0.6 is 22.9 Å². The molecule has 0 spiro atoms. The van der Waals surface area contributed by atoms with Crippen molar-refractivity contribution in [2.75, 3.05) is 19.0 Å². The van der Waals surface area contributed by atoms with Crippen LogP contribution in [0.3, 0.4) is 0 Å². The van der Waals surface area contributed by atoms with Crippen LogP contribution in [0, 0.1) is 5.82 Å². The van der Waals surface area contributed by atoms with E-state index < -0.39 is 29.8 Å². The molecule has 11 heteroatoms. The second-order valence-corrected chi connectivity index (χ2v) is 9.48. The largest absolute Gasteiger partial charge is 0.493 e. The van der Waals surface area contributed by atoms with Crippen molar-refractivity contribution < 1.29 is 28.2 Å². The first-order valence-corrected chi connectivity index (χ1v) is 12.5. The van der Waals surface area contributed by atoms with Gasteiger partial charge in [0.2, 0.25) is 5.91 Å². The number of aromatic nitrogens is 1. The highest BCUT2D eigenvalue weighted by Crippen LogP contribution is 2.29. The number of hydrogen-bond donors (Lipinski definition) is 1. The number of methoxy groups -OCH3 is 1. The predicted octanol–water partition coefficient (Wildman–Crippen LogP) is 3.31. The number of thiazole rings is 1. The minimum Gasteiger partial charge on any atom is -0.493 e. The first kappa shape index (κ1) is 27.9.